The molecule has 1 unspecified atom stereocenters. The van der Waals surface area contributed by atoms with Crippen molar-refractivity contribution < 1.29 is 23.7 Å². The Hall–Kier alpha value is -0.810. The van der Waals surface area contributed by atoms with Crippen molar-refractivity contribution in [1.29, 1.82) is 0 Å². The van der Waals surface area contributed by atoms with Gasteiger partial charge in [-0.25, -0.2) is 4.79 Å². The molecule has 0 aromatic rings. The summed E-state index contributed by atoms with van der Waals surface area (Å²) >= 11 is 0. The van der Waals surface area contributed by atoms with Crippen molar-refractivity contribution in [2.75, 3.05) is 26.4 Å². The Morgan fingerprint density at radius 3 is 2.87 bits per heavy atom. The Morgan fingerprint density at radius 2 is 2.20 bits per heavy atom. The maximum atomic E-state index is 10.8. The van der Waals surface area contributed by atoms with Gasteiger partial charge in [0.2, 0.25) is 0 Å². The number of rotatable bonds is 5. The van der Waals surface area contributed by atoms with E-state index < -0.39 is 6.16 Å². The average Bonchev–Trinajstić information content (AvgIpc) is 2.26. The second-order valence-corrected chi connectivity index (χ2v) is 3.20. The summed E-state index contributed by atoms with van der Waals surface area (Å²) in [6, 6.07) is 0. The zero-order valence-electron chi connectivity index (χ0n) is 9.07. The highest BCUT2D eigenvalue weighted by molar-refractivity contribution is 5.59. The summed E-state index contributed by atoms with van der Waals surface area (Å²) in [4.78, 5) is 10.8. The van der Waals surface area contributed by atoms with Crippen molar-refractivity contribution in [1.82, 2.24) is 0 Å². The molecule has 1 saturated heterocycles. The molecule has 0 aromatic heterocycles. The van der Waals surface area contributed by atoms with Crippen LogP contribution >= 0.6 is 0 Å². The number of hydrogen-bond donors (Lipinski definition) is 0. The van der Waals surface area contributed by atoms with Gasteiger partial charge in [0.25, 0.3) is 0 Å². The molecular weight excluding hydrogens is 200 g/mol. The molecule has 1 heterocycles. The Kier molecular flexibility index (Phi) is 6.11. The van der Waals surface area contributed by atoms with Crippen molar-refractivity contribution in [3.05, 3.63) is 0 Å². The van der Waals surface area contributed by atoms with Gasteiger partial charge in [0.1, 0.15) is 6.61 Å². The standard InChI is InChI=1S/C10H18O5/c1-2-12-10(11)15-8-7-14-9-5-3-4-6-13-9/h9H,2-8H2,1H3. The van der Waals surface area contributed by atoms with Crippen LogP contribution < -0.4 is 0 Å². The largest absolute Gasteiger partial charge is 0.508 e. The summed E-state index contributed by atoms with van der Waals surface area (Å²) < 4.78 is 20.0. The molecule has 0 saturated carbocycles. The van der Waals surface area contributed by atoms with Gasteiger partial charge in [-0.2, -0.15) is 0 Å². The minimum Gasteiger partial charge on any atom is -0.435 e. The van der Waals surface area contributed by atoms with E-state index in [1.807, 2.05) is 0 Å². The van der Waals surface area contributed by atoms with Gasteiger partial charge >= 0.3 is 6.16 Å². The predicted octanol–water partition coefficient (Wildman–Crippen LogP) is 1.70. The minimum atomic E-state index is -0.648. The first-order valence-corrected chi connectivity index (χ1v) is 5.35. The molecule has 1 fully saturated rings. The van der Waals surface area contributed by atoms with Gasteiger partial charge in [-0.05, 0) is 26.2 Å². The fourth-order valence-corrected chi connectivity index (χ4v) is 1.31. The number of carbonyl (C=O) groups excluding carboxylic acids is 1. The number of hydrogen-bond acceptors (Lipinski definition) is 5. The third-order valence-electron chi connectivity index (χ3n) is 2.01. The van der Waals surface area contributed by atoms with Gasteiger partial charge < -0.3 is 18.9 Å². The average molecular weight is 218 g/mol. The molecule has 0 N–H and O–H groups in total. The van der Waals surface area contributed by atoms with E-state index in [1.54, 1.807) is 6.92 Å². The van der Waals surface area contributed by atoms with Crippen molar-refractivity contribution in [3.63, 3.8) is 0 Å². The molecule has 0 radical (unpaired) electrons. The van der Waals surface area contributed by atoms with Gasteiger partial charge in [0, 0.05) is 6.61 Å². The van der Waals surface area contributed by atoms with Crippen molar-refractivity contribution in [2.24, 2.45) is 0 Å². The number of ether oxygens (including phenoxy) is 4. The molecule has 0 amide bonds. The molecule has 5 nitrogen and oxygen atoms in total. The lowest BCUT2D eigenvalue weighted by atomic mass is 10.2. The minimum absolute atomic E-state index is 0.135. The molecular formula is C10H18O5. The topological polar surface area (TPSA) is 54.0 Å². The van der Waals surface area contributed by atoms with E-state index in [2.05, 4.69) is 4.74 Å². The monoisotopic (exact) mass is 218 g/mol. The van der Waals surface area contributed by atoms with E-state index in [0.29, 0.717) is 13.2 Å². The highest BCUT2D eigenvalue weighted by atomic mass is 16.7. The summed E-state index contributed by atoms with van der Waals surface area (Å²) in [6.45, 7) is 3.37. The Morgan fingerprint density at radius 1 is 1.33 bits per heavy atom. The van der Waals surface area contributed by atoms with Crippen LogP contribution in [-0.4, -0.2) is 38.9 Å². The van der Waals surface area contributed by atoms with Crippen LogP contribution in [0, 0.1) is 0 Å². The molecule has 5 heteroatoms. The number of carbonyl (C=O) groups is 1. The van der Waals surface area contributed by atoms with E-state index in [0.717, 1.165) is 25.9 Å². The fraction of sp³-hybridized carbons (Fsp3) is 0.900. The summed E-state index contributed by atoms with van der Waals surface area (Å²) in [6.07, 6.45) is 2.36. The van der Waals surface area contributed by atoms with Gasteiger partial charge in [-0.3, -0.25) is 0 Å². The second kappa shape index (κ2) is 7.48. The third-order valence-corrected chi connectivity index (χ3v) is 2.01. The normalized spacial score (nSPS) is 21.0. The second-order valence-electron chi connectivity index (χ2n) is 3.20. The smallest absolute Gasteiger partial charge is 0.435 e. The lowest BCUT2D eigenvalue weighted by Gasteiger charge is -2.22. The lowest BCUT2D eigenvalue weighted by molar-refractivity contribution is -0.167. The zero-order valence-corrected chi connectivity index (χ0v) is 9.07. The van der Waals surface area contributed by atoms with Crippen LogP contribution in [0.3, 0.4) is 0 Å². The summed E-state index contributed by atoms with van der Waals surface area (Å²) in [5.74, 6) is 0. The first-order valence-electron chi connectivity index (χ1n) is 5.35. The van der Waals surface area contributed by atoms with Crippen LogP contribution in [0.15, 0.2) is 0 Å². The van der Waals surface area contributed by atoms with Crippen LogP contribution in [0.4, 0.5) is 4.79 Å². The SMILES string of the molecule is CCOC(=O)OCCOC1CCCCO1. The van der Waals surface area contributed by atoms with Gasteiger partial charge in [0.15, 0.2) is 6.29 Å². The Balaban J connectivity index is 1.93. The van der Waals surface area contributed by atoms with Crippen LogP contribution in [-0.2, 0) is 18.9 Å². The quantitative estimate of drug-likeness (QED) is 0.519. The first-order chi connectivity index (χ1) is 7.33. The molecule has 1 aliphatic heterocycles. The van der Waals surface area contributed by atoms with Gasteiger partial charge in [0.05, 0.1) is 13.2 Å². The third kappa shape index (κ3) is 5.59. The highest BCUT2D eigenvalue weighted by Crippen LogP contribution is 2.13. The van der Waals surface area contributed by atoms with Crippen LogP contribution in [0.25, 0.3) is 0 Å². The Bertz CT molecular complexity index is 177. The lowest BCUT2D eigenvalue weighted by Crippen LogP contribution is -2.24. The molecule has 1 rings (SSSR count). The van der Waals surface area contributed by atoms with Gasteiger partial charge in [-0.15, -0.1) is 0 Å². The summed E-state index contributed by atoms with van der Waals surface area (Å²) in [5.41, 5.74) is 0. The fourth-order valence-electron chi connectivity index (χ4n) is 1.31. The van der Waals surface area contributed by atoms with E-state index in [4.69, 9.17) is 14.2 Å². The van der Waals surface area contributed by atoms with E-state index in [9.17, 15) is 4.79 Å². The molecule has 0 bridgehead atoms. The van der Waals surface area contributed by atoms with E-state index in [-0.39, 0.29) is 12.9 Å². The van der Waals surface area contributed by atoms with Crippen LogP contribution in [0.5, 0.6) is 0 Å². The molecule has 1 aliphatic rings. The Labute approximate surface area is 89.6 Å². The van der Waals surface area contributed by atoms with Crippen LogP contribution in [0.2, 0.25) is 0 Å². The summed E-state index contributed by atoms with van der Waals surface area (Å²) in [5, 5.41) is 0. The molecule has 88 valence electrons. The van der Waals surface area contributed by atoms with Gasteiger partial charge in [-0.1, -0.05) is 0 Å². The molecule has 1 atom stereocenters. The van der Waals surface area contributed by atoms with Crippen molar-refractivity contribution >= 4 is 6.16 Å². The molecule has 0 spiro atoms. The predicted molar refractivity (Wildman–Crippen MR) is 52.5 cm³/mol. The molecule has 0 aromatic carbocycles. The highest BCUT2D eigenvalue weighted by Gasteiger charge is 2.13. The summed E-state index contributed by atoms with van der Waals surface area (Å²) in [7, 11) is 0. The molecule has 15 heavy (non-hydrogen) atoms. The van der Waals surface area contributed by atoms with E-state index >= 15 is 0 Å². The maximum absolute atomic E-state index is 10.8. The van der Waals surface area contributed by atoms with E-state index in [1.165, 1.54) is 0 Å². The van der Waals surface area contributed by atoms with Crippen molar-refractivity contribution in [3.8, 4) is 0 Å². The van der Waals surface area contributed by atoms with Crippen LogP contribution in [0.1, 0.15) is 26.2 Å². The maximum Gasteiger partial charge on any atom is 0.508 e. The molecule has 0 aliphatic carbocycles. The van der Waals surface area contributed by atoms with Crippen molar-refractivity contribution in [2.45, 2.75) is 32.5 Å². The first kappa shape index (κ1) is 12.3. The zero-order chi connectivity index (χ0) is 10.9.